The van der Waals surface area contributed by atoms with Gasteiger partial charge in [0, 0.05) is 36.7 Å². The zero-order valence-corrected chi connectivity index (χ0v) is 20.2. The van der Waals surface area contributed by atoms with Crippen molar-refractivity contribution in [2.45, 2.75) is 58.8 Å². The van der Waals surface area contributed by atoms with Gasteiger partial charge in [0.1, 0.15) is 5.78 Å². The molecule has 32 heavy (non-hydrogen) atoms. The molecule has 2 bridgehead atoms. The van der Waals surface area contributed by atoms with Crippen LogP contribution in [0.1, 0.15) is 58.1 Å². The molecule has 6 nitrogen and oxygen atoms in total. The SMILES string of the molecule is CN(CCCCCc1cc(-c2ccccc2)n[nH]1)S(=O)(=O)CC12CCC(CC1=O)C2(C)C. The lowest BCUT2D eigenvalue weighted by molar-refractivity contribution is -0.128. The molecule has 0 saturated heterocycles. The van der Waals surface area contributed by atoms with Crippen molar-refractivity contribution in [1.29, 1.82) is 0 Å². The number of nitrogens with one attached hydrogen (secondary N) is 1. The van der Waals surface area contributed by atoms with E-state index in [1.165, 1.54) is 4.31 Å². The third-order valence-electron chi connectivity index (χ3n) is 8.16. The standard InChI is InChI=1S/C25H35N3O3S/c1-24(2)20-13-14-25(24,23(29)16-20)18-32(30,31)28(3)15-9-5-8-12-21-17-22(27-26-21)19-10-6-4-7-11-19/h4,6-7,10-11,17,20H,5,8-9,12-16,18H2,1-3H3,(H,26,27). The zero-order chi connectivity index (χ0) is 23.0. The summed E-state index contributed by atoms with van der Waals surface area (Å²) in [6.07, 6.45) is 5.85. The van der Waals surface area contributed by atoms with Crippen molar-refractivity contribution in [2.75, 3.05) is 19.3 Å². The second kappa shape index (κ2) is 8.75. The summed E-state index contributed by atoms with van der Waals surface area (Å²) in [6.45, 7) is 4.67. The number of fused-ring (bicyclic) bond motifs is 2. The van der Waals surface area contributed by atoms with Crippen LogP contribution in [0.25, 0.3) is 11.3 Å². The van der Waals surface area contributed by atoms with Crippen molar-refractivity contribution >= 4 is 15.8 Å². The van der Waals surface area contributed by atoms with Gasteiger partial charge in [-0.25, -0.2) is 12.7 Å². The Morgan fingerprint density at radius 1 is 1.16 bits per heavy atom. The Labute approximate surface area is 191 Å². The molecule has 0 radical (unpaired) electrons. The van der Waals surface area contributed by atoms with Crippen LogP contribution in [0.2, 0.25) is 0 Å². The van der Waals surface area contributed by atoms with Crippen molar-refractivity contribution in [2.24, 2.45) is 16.7 Å². The predicted octanol–water partition coefficient (Wildman–Crippen LogP) is 4.45. The number of nitrogens with zero attached hydrogens (tertiary/aromatic N) is 2. The fraction of sp³-hybridized carbons (Fsp3) is 0.600. The summed E-state index contributed by atoms with van der Waals surface area (Å²) in [4.78, 5) is 12.7. The first-order valence-electron chi connectivity index (χ1n) is 11.7. The molecule has 2 aromatic rings. The predicted molar refractivity (Wildman–Crippen MR) is 127 cm³/mol. The number of hydrogen-bond donors (Lipinski definition) is 1. The number of unbranched alkanes of at least 4 members (excludes halogenated alkanes) is 2. The van der Waals surface area contributed by atoms with Gasteiger partial charge in [-0.15, -0.1) is 0 Å². The first-order valence-corrected chi connectivity index (χ1v) is 13.3. The minimum Gasteiger partial charge on any atom is -0.299 e. The summed E-state index contributed by atoms with van der Waals surface area (Å²) in [6, 6.07) is 12.2. The van der Waals surface area contributed by atoms with E-state index >= 15 is 0 Å². The Morgan fingerprint density at radius 3 is 2.56 bits per heavy atom. The Morgan fingerprint density at radius 2 is 1.91 bits per heavy atom. The van der Waals surface area contributed by atoms with Gasteiger partial charge in [-0.2, -0.15) is 5.10 Å². The third-order valence-corrected chi connectivity index (χ3v) is 10.2. The molecule has 2 unspecified atom stereocenters. The Hall–Kier alpha value is -1.99. The third kappa shape index (κ3) is 4.17. The molecule has 0 amide bonds. The maximum atomic E-state index is 13.1. The summed E-state index contributed by atoms with van der Waals surface area (Å²) >= 11 is 0. The topological polar surface area (TPSA) is 83.1 Å². The van der Waals surface area contributed by atoms with E-state index in [0.29, 0.717) is 25.3 Å². The number of hydrogen-bond acceptors (Lipinski definition) is 4. The van der Waals surface area contributed by atoms with E-state index in [1.54, 1.807) is 7.05 Å². The molecule has 0 spiro atoms. The highest BCUT2D eigenvalue weighted by Crippen LogP contribution is 2.64. The number of carbonyl (C=O) groups excluding carboxylic acids is 1. The summed E-state index contributed by atoms with van der Waals surface area (Å²) in [5.74, 6) is 0.459. The van der Waals surface area contributed by atoms with Gasteiger partial charge in [-0.05, 0) is 49.5 Å². The van der Waals surface area contributed by atoms with Crippen LogP contribution in [-0.4, -0.2) is 48.0 Å². The van der Waals surface area contributed by atoms with Crippen LogP contribution in [-0.2, 0) is 21.2 Å². The van der Waals surface area contributed by atoms with E-state index in [1.807, 2.05) is 30.3 Å². The molecule has 2 saturated carbocycles. The van der Waals surface area contributed by atoms with Crippen LogP contribution in [0, 0.1) is 16.7 Å². The van der Waals surface area contributed by atoms with E-state index in [-0.39, 0.29) is 17.0 Å². The quantitative estimate of drug-likeness (QED) is 0.535. The zero-order valence-electron chi connectivity index (χ0n) is 19.4. The van der Waals surface area contributed by atoms with Crippen LogP contribution in [0.4, 0.5) is 0 Å². The van der Waals surface area contributed by atoms with Crippen LogP contribution in [0.5, 0.6) is 0 Å². The van der Waals surface area contributed by atoms with Crippen molar-refractivity contribution in [3.05, 3.63) is 42.1 Å². The van der Waals surface area contributed by atoms with E-state index in [2.05, 4.69) is 30.1 Å². The van der Waals surface area contributed by atoms with Crippen molar-refractivity contribution in [1.82, 2.24) is 14.5 Å². The summed E-state index contributed by atoms with van der Waals surface area (Å²) < 4.78 is 27.6. The number of benzene rings is 1. The lowest BCUT2D eigenvalue weighted by Gasteiger charge is -2.37. The fourth-order valence-corrected chi connectivity index (χ4v) is 7.67. The lowest BCUT2D eigenvalue weighted by Crippen LogP contribution is -2.45. The number of Topliss-reactive ketones (excluding diaryl/α,β-unsaturated/α-hetero) is 1. The average molecular weight is 458 g/mol. The molecule has 1 aromatic heterocycles. The Kier molecular flexibility index (Phi) is 6.34. The van der Waals surface area contributed by atoms with Gasteiger partial charge >= 0.3 is 0 Å². The maximum absolute atomic E-state index is 13.1. The maximum Gasteiger partial charge on any atom is 0.214 e. The van der Waals surface area contributed by atoms with Crippen LogP contribution >= 0.6 is 0 Å². The number of aromatic nitrogens is 2. The van der Waals surface area contributed by atoms with Gasteiger partial charge in [0.15, 0.2) is 0 Å². The molecule has 2 aliphatic carbocycles. The van der Waals surface area contributed by atoms with Gasteiger partial charge in [-0.3, -0.25) is 9.89 Å². The Bertz CT molecular complexity index is 1060. The summed E-state index contributed by atoms with van der Waals surface area (Å²) in [7, 11) is -1.80. The molecule has 2 aliphatic rings. The molecule has 0 aliphatic heterocycles. The van der Waals surface area contributed by atoms with Gasteiger partial charge in [0.05, 0.1) is 11.4 Å². The van der Waals surface area contributed by atoms with Gasteiger partial charge in [-0.1, -0.05) is 50.6 Å². The highest BCUT2D eigenvalue weighted by atomic mass is 32.2. The minimum atomic E-state index is -3.46. The number of aryl methyl sites for hydroxylation is 1. The second-order valence-corrected chi connectivity index (χ2v) is 12.3. The molecular formula is C25H35N3O3S. The molecule has 1 N–H and O–H groups in total. The van der Waals surface area contributed by atoms with Gasteiger partial charge < -0.3 is 0 Å². The first kappa shape index (κ1) is 23.2. The van der Waals surface area contributed by atoms with Crippen LogP contribution in [0.3, 0.4) is 0 Å². The smallest absolute Gasteiger partial charge is 0.214 e. The monoisotopic (exact) mass is 457 g/mol. The van der Waals surface area contributed by atoms with E-state index in [0.717, 1.165) is 49.1 Å². The molecule has 2 atom stereocenters. The van der Waals surface area contributed by atoms with E-state index in [9.17, 15) is 13.2 Å². The molecule has 1 heterocycles. The molecule has 7 heteroatoms. The first-order chi connectivity index (χ1) is 15.2. The minimum absolute atomic E-state index is 0.0325. The number of ketones is 1. The number of H-pyrrole nitrogens is 1. The molecule has 174 valence electrons. The highest BCUT2D eigenvalue weighted by Gasteiger charge is 2.65. The van der Waals surface area contributed by atoms with Crippen molar-refractivity contribution < 1.29 is 13.2 Å². The molecule has 4 rings (SSSR count). The van der Waals surface area contributed by atoms with Gasteiger partial charge in [0.2, 0.25) is 10.0 Å². The van der Waals surface area contributed by atoms with Crippen molar-refractivity contribution in [3.63, 3.8) is 0 Å². The number of aromatic amines is 1. The summed E-state index contributed by atoms with van der Waals surface area (Å²) in [5.41, 5.74) is 2.23. The number of rotatable bonds is 10. The number of carbonyl (C=O) groups is 1. The second-order valence-electron chi connectivity index (χ2n) is 10.2. The number of sulfonamides is 1. The fourth-order valence-electron chi connectivity index (χ4n) is 5.74. The highest BCUT2D eigenvalue weighted by molar-refractivity contribution is 7.89. The van der Waals surface area contributed by atoms with Gasteiger partial charge in [0.25, 0.3) is 0 Å². The van der Waals surface area contributed by atoms with Crippen LogP contribution in [0.15, 0.2) is 36.4 Å². The molecule has 2 fully saturated rings. The molecule has 1 aromatic carbocycles. The average Bonchev–Trinajstić information content (AvgIpc) is 3.37. The largest absolute Gasteiger partial charge is 0.299 e. The van der Waals surface area contributed by atoms with Crippen LogP contribution < -0.4 is 0 Å². The summed E-state index contributed by atoms with van der Waals surface area (Å²) in [5, 5.41) is 7.50. The Balaban J connectivity index is 1.24. The van der Waals surface area contributed by atoms with Crippen molar-refractivity contribution in [3.8, 4) is 11.3 Å². The lowest BCUT2D eigenvalue weighted by atomic mass is 9.70. The van der Waals surface area contributed by atoms with E-state index < -0.39 is 15.4 Å². The normalized spacial score (nSPS) is 24.5. The molecular weight excluding hydrogens is 422 g/mol. The van der Waals surface area contributed by atoms with E-state index in [4.69, 9.17) is 0 Å².